The van der Waals surface area contributed by atoms with Gasteiger partial charge in [0, 0.05) is 11.8 Å². The van der Waals surface area contributed by atoms with Crippen molar-refractivity contribution >= 4 is 0 Å². The van der Waals surface area contributed by atoms with Crippen LogP contribution in [-0.2, 0) is 9.47 Å². The normalized spacial score (nSPS) is 45.5. The highest BCUT2D eigenvalue weighted by molar-refractivity contribution is 4.87. The molecular formula is C25H41FO2. The molecule has 0 spiro atoms. The molecule has 1 aliphatic heterocycles. The summed E-state index contributed by atoms with van der Waals surface area (Å²) in [5.74, 6) is 4.79. The van der Waals surface area contributed by atoms with Crippen LogP contribution >= 0.6 is 0 Å². The van der Waals surface area contributed by atoms with Crippen molar-refractivity contribution in [3.63, 3.8) is 0 Å². The fraction of sp³-hybridized carbons (Fsp3) is 0.920. The number of ether oxygens (including phenoxy) is 2. The quantitative estimate of drug-likeness (QED) is 0.494. The van der Waals surface area contributed by atoms with Crippen LogP contribution in [0.2, 0.25) is 0 Å². The van der Waals surface area contributed by atoms with E-state index in [-0.39, 0.29) is 13.0 Å². The highest BCUT2D eigenvalue weighted by Crippen LogP contribution is 2.43. The van der Waals surface area contributed by atoms with Crippen molar-refractivity contribution in [3.8, 4) is 0 Å². The number of alkyl halides is 1. The maximum atomic E-state index is 12.9. The van der Waals surface area contributed by atoms with Crippen LogP contribution in [0.4, 0.5) is 4.39 Å². The number of hydrogen-bond donors (Lipinski definition) is 0. The Labute approximate surface area is 171 Å². The predicted octanol–water partition coefficient (Wildman–Crippen LogP) is 6.55. The predicted molar refractivity (Wildman–Crippen MR) is 112 cm³/mol. The van der Waals surface area contributed by atoms with E-state index >= 15 is 0 Å². The molecule has 1 heterocycles. The van der Waals surface area contributed by atoms with Gasteiger partial charge in [0.2, 0.25) is 0 Å². The Bertz CT molecular complexity index is 463. The minimum Gasteiger partial charge on any atom is -0.352 e. The summed E-state index contributed by atoms with van der Waals surface area (Å²) >= 11 is 0. The zero-order valence-electron chi connectivity index (χ0n) is 17.7. The first kappa shape index (κ1) is 20.8. The van der Waals surface area contributed by atoms with E-state index in [1.807, 2.05) is 0 Å². The van der Waals surface area contributed by atoms with Crippen LogP contribution in [0.15, 0.2) is 12.7 Å². The van der Waals surface area contributed by atoms with Crippen molar-refractivity contribution in [1.29, 1.82) is 0 Å². The minimum atomic E-state index is -0.105. The van der Waals surface area contributed by atoms with Gasteiger partial charge in [-0.3, -0.25) is 4.39 Å². The minimum absolute atomic E-state index is 0.0454. The Kier molecular flexibility index (Phi) is 7.49. The molecule has 160 valence electrons. The van der Waals surface area contributed by atoms with E-state index in [2.05, 4.69) is 12.7 Å². The fourth-order valence-electron chi connectivity index (χ4n) is 6.63. The third kappa shape index (κ3) is 5.01. The van der Waals surface area contributed by atoms with E-state index in [0.29, 0.717) is 17.8 Å². The van der Waals surface area contributed by atoms with E-state index in [0.717, 1.165) is 49.7 Å². The second kappa shape index (κ2) is 10.1. The SMILES string of the molecule is C=CC1CCC(C2COC(C3CCC(C4CCC(CF)CC4)CC3)OC2)CC1. The number of halogens is 1. The van der Waals surface area contributed by atoms with Crippen LogP contribution in [0.3, 0.4) is 0 Å². The second-order valence-corrected chi connectivity index (χ2v) is 10.3. The van der Waals surface area contributed by atoms with Crippen LogP contribution < -0.4 is 0 Å². The highest BCUT2D eigenvalue weighted by Gasteiger charge is 2.37. The van der Waals surface area contributed by atoms with Gasteiger partial charge in [-0.25, -0.2) is 0 Å². The van der Waals surface area contributed by atoms with Gasteiger partial charge < -0.3 is 9.47 Å². The van der Waals surface area contributed by atoms with Gasteiger partial charge in [0.25, 0.3) is 0 Å². The molecule has 0 amide bonds. The Hall–Kier alpha value is -0.410. The lowest BCUT2D eigenvalue weighted by atomic mass is 9.69. The van der Waals surface area contributed by atoms with Crippen molar-refractivity contribution in [2.75, 3.05) is 19.9 Å². The monoisotopic (exact) mass is 392 g/mol. The molecule has 4 fully saturated rings. The standard InChI is InChI=1S/C25H41FO2/c1-2-18-3-7-22(8-4-18)24-16-27-25(28-17-24)23-13-11-21(12-14-23)20-9-5-19(15-26)6-10-20/h2,18-25H,1,3-17H2. The smallest absolute Gasteiger partial charge is 0.160 e. The van der Waals surface area contributed by atoms with E-state index in [1.165, 1.54) is 64.2 Å². The fourth-order valence-corrected chi connectivity index (χ4v) is 6.63. The molecule has 0 aromatic heterocycles. The van der Waals surface area contributed by atoms with Crippen LogP contribution in [0.1, 0.15) is 77.0 Å². The number of allylic oxidation sites excluding steroid dienone is 1. The summed E-state index contributed by atoms with van der Waals surface area (Å²) in [6.07, 6.45) is 17.3. The average Bonchev–Trinajstić information content (AvgIpc) is 2.79. The maximum absolute atomic E-state index is 12.9. The van der Waals surface area contributed by atoms with Crippen molar-refractivity contribution in [2.45, 2.75) is 83.3 Å². The molecule has 28 heavy (non-hydrogen) atoms. The molecule has 0 aromatic carbocycles. The third-order valence-electron chi connectivity index (χ3n) is 8.74. The van der Waals surface area contributed by atoms with Gasteiger partial charge in [0.05, 0.1) is 19.9 Å². The molecule has 3 heteroatoms. The van der Waals surface area contributed by atoms with Gasteiger partial charge in [0.15, 0.2) is 6.29 Å². The zero-order valence-corrected chi connectivity index (χ0v) is 17.7. The Morgan fingerprint density at radius 3 is 1.64 bits per heavy atom. The lowest BCUT2D eigenvalue weighted by molar-refractivity contribution is -0.237. The third-order valence-corrected chi connectivity index (χ3v) is 8.74. The molecule has 4 aliphatic rings. The second-order valence-electron chi connectivity index (χ2n) is 10.3. The molecule has 3 saturated carbocycles. The molecule has 0 N–H and O–H groups in total. The molecular weight excluding hydrogens is 351 g/mol. The summed E-state index contributed by atoms with van der Waals surface area (Å²) in [5.41, 5.74) is 0. The lowest BCUT2D eigenvalue weighted by Gasteiger charge is -2.42. The van der Waals surface area contributed by atoms with Gasteiger partial charge >= 0.3 is 0 Å². The van der Waals surface area contributed by atoms with Crippen molar-refractivity contribution in [1.82, 2.24) is 0 Å². The van der Waals surface area contributed by atoms with Crippen LogP contribution in [0.5, 0.6) is 0 Å². The van der Waals surface area contributed by atoms with Crippen molar-refractivity contribution in [3.05, 3.63) is 12.7 Å². The van der Waals surface area contributed by atoms with Crippen LogP contribution in [-0.4, -0.2) is 26.2 Å². The van der Waals surface area contributed by atoms with Crippen LogP contribution in [0, 0.1) is 41.4 Å². The van der Waals surface area contributed by atoms with E-state index in [1.54, 1.807) is 0 Å². The summed E-state index contributed by atoms with van der Waals surface area (Å²) < 4.78 is 25.4. The van der Waals surface area contributed by atoms with Crippen molar-refractivity contribution in [2.24, 2.45) is 41.4 Å². The summed E-state index contributed by atoms with van der Waals surface area (Å²) in [7, 11) is 0. The molecule has 0 bridgehead atoms. The molecule has 4 rings (SSSR count). The maximum Gasteiger partial charge on any atom is 0.160 e. The van der Waals surface area contributed by atoms with Gasteiger partial charge in [-0.2, -0.15) is 0 Å². The molecule has 0 unspecified atom stereocenters. The van der Waals surface area contributed by atoms with E-state index in [9.17, 15) is 4.39 Å². The van der Waals surface area contributed by atoms with Gasteiger partial charge in [-0.05, 0) is 107 Å². The number of hydrogen-bond acceptors (Lipinski definition) is 2. The lowest BCUT2D eigenvalue weighted by Crippen LogP contribution is -2.41. The average molecular weight is 393 g/mol. The summed E-state index contributed by atoms with van der Waals surface area (Å²) in [4.78, 5) is 0. The van der Waals surface area contributed by atoms with Crippen molar-refractivity contribution < 1.29 is 13.9 Å². The topological polar surface area (TPSA) is 18.5 Å². The first-order valence-electron chi connectivity index (χ1n) is 12.2. The molecule has 1 saturated heterocycles. The molecule has 3 aliphatic carbocycles. The summed E-state index contributed by atoms with van der Waals surface area (Å²) in [6.45, 7) is 5.66. The number of rotatable bonds is 5. The summed E-state index contributed by atoms with van der Waals surface area (Å²) in [6, 6.07) is 0. The Morgan fingerprint density at radius 1 is 0.643 bits per heavy atom. The van der Waals surface area contributed by atoms with E-state index < -0.39 is 0 Å². The van der Waals surface area contributed by atoms with Gasteiger partial charge in [-0.1, -0.05) is 6.08 Å². The molecule has 2 nitrogen and oxygen atoms in total. The zero-order chi connectivity index (χ0) is 19.3. The van der Waals surface area contributed by atoms with Crippen LogP contribution in [0.25, 0.3) is 0 Å². The molecule has 0 radical (unpaired) electrons. The van der Waals surface area contributed by atoms with Gasteiger partial charge in [-0.15, -0.1) is 6.58 Å². The largest absolute Gasteiger partial charge is 0.352 e. The Balaban J connectivity index is 1.16. The Morgan fingerprint density at radius 2 is 1.11 bits per heavy atom. The first-order chi connectivity index (χ1) is 13.8. The van der Waals surface area contributed by atoms with E-state index in [4.69, 9.17) is 9.47 Å². The van der Waals surface area contributed by atoms with Gasteiger partial charge in [0.1, 0.15) is 0 Å². The highest BCUT2D eigenvalue weighted by atomic mass is 19.1. The summed E-state index contributed by atoms with van der Waals surface area (Å²) in [5, 5.41) is 0. The molecule has 0 atom stereocenters. The molecule has 0 aromatic rings. The first-order valence-corrected chi connectivity index (χ1v) is 12.2.